The van der Waals surface area contributed by atoms with Crippen LogP contribution < -0.4 is 0 Å². The molecule has 0 bridgehead atoms. The molecule has 1 rings (SSSR count). The molecule has 0 heterocycles. The Morgan fingerprint density at radius 2 is 0.615 bits per heavy atom. The van der Waals surface area contributed by atoms with Gasteiger partial charge in [-0.3, -0.25) is 0 Å². The van der Waals surface area contributed by atoms with Crippen LogP contribution in [0.5, 0.6) is 0 Å². The van der Waals surface area contributed by atoms with Crippen molar-refractivity contribution in [2.45, 2.75) is 0 Å². The fraction of sp³-hybridized carbons (Fsp3) is 0. The van der Waals surface area contributed by atoms with Gasteiger partial charge in [0.25, 0.3) is 0 Å². The summed E-state index contributed by atoms with van der Waals surface area (Å²) in [6, 6.07) is 12.0. The Labute approximate surface area is 76.4 Å². The minimum Gasteiger partial charge on any atom is -0.412 e. The number of benzene rings is 1. The number of hydrogen-bond acceptors (Lipinski definition) is 4. The SMILES string of the molecule is O.O.O[Si](O)(O)O.c1ccccc1. The smallest absolute Gasteiger partial charge is 0.412 e. The van der Waals surface area contributed by atoms with E-state index < -0.39 is 9.05 Å². The summed E-state index contributed by atoms with van der Waals surface area (Å²) in [7, 11) is -4.61. The lowest BCUT2D eigenvalue weighted by Gasteiger charge is -1.91. The zero-order valence-corrected chi connectivity index (χ0v) is 7.75. The first-order valence-corrected chi connectivity index (χ1v) is 4.68. The van der Waals surface area contributed by atoms with Crippen molar-refractivity contribution in [1.29, 1.82) is 0 Å². The Bertz CT molecular complexity index is 142. The highest BCUT2D eigenvalue weighted by Crippen LogP contribution is 1.79. The first-order valence-electron chi connectivity index (χ1n) is 2.89. The zero-order valence-electron chi connectivity index (χ0n) is 6.75. The van der Waals surface area contributed by atoms with Crippen molar-refractivity contribution in [3.05, 3.63) is 36.4 Å². The number of hydrogen-bond donors (Lipinski definition) is 4. The monoisotopic (exact) mass is 210 g/mol. The highest BCUT2D eigenvalue weighted by molar-refractivity contribution is 6.46. The predicted molar refractivity (Wildman–Crippen MR) is 48.3 cm³/mol. The fourth-order valence-corrected chi connectivity index (χ4v) is 0.385. The van der Waals surface area contributed by atoms with Crippen LogP contribution in [-0.2, 0) is 0 Å². The molecule has 13 heavy (non-hydrogen) atoms. The predicted octanol–water partition coefficient (Wildman–Crippen LogP) is -2.57. The molecule has 0 amide bonds. The summed E-state index contributed by atoms with van der Waals surface area (Å²) in [4.78, 5) is 29.3. The molecule has 0 aromatic heterocycles. The molecule has 0 spiro atoms. The van der Waals surface area contributed by atoms with E-state index in [0.717, 1.165) is 0 Å². The van der Waals surface area contributed by atoms with E-state index in [1.54, 1.807) is 0 Å². The Balaban J connectivity index is -0.000000136. The molecule has 0 unspecified atom stereocenters. The fourth-order valence-electron chi connectivity index (χ4n) is 0.385. The summed E-state index contributed by atoms with van der Waals surface area (Å²) < 4.78 is 0. The van der Waals surface area contributed by atoms with Crippen LogP contribution in [0, 0.1) is 0 Å². The molecule has 1 aromatic carbocycles. The van der Waals surface area contributed by atoms with Crippen LogP contribution in [0.15, 0.2) is 36.4 Å². The Morgan fingerprint density at radius 1 is 0.538 bits per heavy atom. The van der Waals surface area contributed by atoms with E-state index in [4.69, 9.17) is 19.2 Å². The van der Waals surface area contributed by atoms with E-state index in [1.165, 1.54) is 0 Å². The van der Waals surface area contributed by atoms with Crippen molar-refractivity contribution >= 4 is 9.05 Å². The van der Waals surface area contributed by atoms with Gasteiger partial charge in [-0.1, -0.05) is 36.4 Å². The van der Waals surface area contributed by atoms with Crippen molar-refractivity contribution in [3.8, 4) is 0 Å². The molecule has 0 aliphatic heterocycles. The minimum absolute atomic E-state index is 0. The van der Waals surface area contributed by atoms with Crippen LogP contribution >= 0.6 is 0 Å². The molecule has 0 aliphatic carbocycles. The second-order valence-corrected chi connectivity index (χ2v) is 2.95. The third kappa shape index (κ3) is 35.1. The van der Waals surface area contributed by atoms with Gasteiger partial charge in [0.1, 0.15) is 0 Å². The van der Waals surface area contributed by atoms with Gasteiger partial charge < -0.3 is 30.1 Å². The van der Waals surface area contributed by atoms with E-state index >= 15 is 0 Å². The Morgan fingerprint density at radius 3 is 0.692 bits per heavy atom. The maximum atomic E-state index is 7.33. The van der Waals surface area contributed by atoms with Crippen molar-refractivity contribution in [2.75, 3.05) is 0 Å². The minimum atomic E-state index is -4.61. The largest absolute Gasteiger partial charge is 0.668 e. The number of rotatable bonds is 0. The van der Waals surface area contributed by atoms with Gasteiger partial charge in [-0.2, -0.15) is 0 Å². The molecule has 0 atom stereocenters. The average Bonchev–Trinajstić information content (AvgIpc) is 1.88. The summed E-state index contributed by atoms with van der Waals surface area (Å²) in [6.45, 7) is 0. The van der Waals surface area contributed by atoms with Crippen LogP contribution in [0.3, 0.4) is 0 Å². The van der Waals surface area contributed by atoms with Gasteiger partial charge in [0, 0.05) is 0 Å². The summed E-state index contributed by atoms with van der Waals surface area (Å²) in [5.74, 6) is 0. The van der Waals surface area contributed by atoms with Gasteiger partial charge in [-0.05, 0) is 0 Å². The normalized spacial score (nSPS) is 8.31. The highest BCUT2D eigenvalue weighted by atomic mass is 28.4. The van der Waals surface area contributed by atoms with Crippen molar-refractivity contribution in [2.24, 2.45) is 0 Å². The van der Waals surface area contributed by atoms with Crippen molar-refractivity contribution in [3.63, 3.8) is 0 Å². The maximum Gasteiger partial charge on any atom is 0.668 e. The first kappa shape index (κ1) is 18.1. The summed E-state index contributed by atoms with van der Waals surface area (Å²) in [5.41, 5.74) is 0. The lowest BCUT2D eigenvalue weighted by Crippen LogP contribution is -2.33. The van der Waals surface area contributed by atoms with Crippen LogP contribution in [-0.4, -0.2) is 39.2 Å². The third-order valence-electron chi connectivity index (χ3n) is 0.667. The van der Waals surface area contributed by atoms with E-state index in [-0.39, 0.29) is 11.0 Å². The Hall–Kier alpha value is -0.803. The van der Waals surface area contributed by atoms with Gasteiger partial charge >= 0.3 is 9.05 Å². The molecular formula is C6H14O6Si. The second-order valence-electron chi connectivity index (χ2n) is 1.75. The van der Waals surface area contributed by atoms with E-state index in [9.17, 15) is 0 Å². The molecule has 6 nitrogen and oxygen atoms in total. The third-order valence-corrected chi connectivity index (χ3v) is 0.667. The average molecular weight is 210 g/mol. The van der Waals surface area contributed by atoms with Gasteiger partial charge in [-0.15, -0.1) is 0 Å². The van der Waals surface area contributed by atoms with Crippen LogP contribution in [0.25, 0.3) is 0 Å². The highest BCUT2D eigenvalue weighted by Gasteiger charge is 2.22. The van der Waals surface area contributed by atoms with Crippen LogP contribution in [0.2, 0.25) is 0 Å². The molecule has 7 heteroatoms. The molecule has 0 radical (unpaired) electrons. The summed E-state index contributed by atoms with van der Waals surface area (Å²) in [6.07, 6.45) is 0. The maximum absolute atomic E-state index is 7.33. The molecule has 0 aliphatic rings. The Kier molecular flexibility index (Phi) is 12.9. The quantitative estimate of drug-likeness (QED) is 0.349. The van der Waals surface area contributed by atoms with Gasteiger partial charge in [0.2, 0.25) is 0 Å². The molecule has 1 aromatic rings. The molecule has 78 valence electrons. The first-order chi connectivity index (χ1) is 5.00. The standard InChI is InChI=1S/C6H6.H4O4Si.2H2O/c1-2-4-6-5-3-1;1-5(2,3)4;;/h1-6H;1-4H;2*1H2. The van der Waals surface area contributed by atoms with E-state index in [2.05, 4.69) is 0 Å². The van der Waals surface area contributed by atoms with Gasteiger partial charge in [0.05, 0.1) is 0 Å². The molecular weight excluding hydrogens is 196 g/mol. The van der Waals surface area contributed by atoms with E-state index in [1.807, 2.05) is 36.4 Å². The van der Waals surface area contributed by atoms with Crippen molar-refractivity contribution < 1.29 is 30.1 Å². The van der Waals surface area contributed by atoms with Gasteiger partial charge in [-0.25, -0.2) is 0 Å². The topological polar surface area (TPSA) is 144 Å². The van der Waals surface area contributed by atoms with Crippen LogP contribution in [0.1, 0.15) is 0 Å². The van der Waals surface area contributed by atoms with E-state index in [0.29, 0.717) is 0 Å². The van der Waals surface area contributed by atoms with Crippen LogP contribution in [0.4, 0.5) is 0 Å². The van der Waals surface area contributed by atoms with Crippen molar-refractivity contribution in [1.82, 2.24) is 0 Å². The molecule has 0 saturated heterocycles. The van der Waals surface area contributed by atoms with Gasteiger partial charge in [0.15, 0.2) is 0 Å². The second kappa shape index (κ2) is 9.29. The molecule has 0 fully saturated rings. The summed E-state index contributed by atoms with van der Waals surface area (Å²) in [5, 5.41) is 0. The molecule has 0 saturated carbocycles. The summed E-state index contributed by atoms with van der Waals surface area (Å²) >= 11 is 0. The zero-order chi connectivity index (χ0) is 8.74. The molecule has 8 N–H and O–H groups in total. The lowest BCUT2D eigenvalue weighted by molar-refractivity contribution is 0.117. The lowest BCUT2D eigenvalue weighted by atomic mass is 10.4.